The van der Waals surface area contributed by atoms with Gasteiger partial charge in [-0.2, -0.15) is 0 Å². The highest BCUT2D eigenvalue weighted by atomic mass is 16.5. The Morgan fingerprint density at radius 2 is 2.06 bits per heavy atom. The molecule has 1 saturated heterocycles. The van der Waals surface area contributed by atoms with Crippen molar-refractivity contribution < 1.29 is 4.74 Å². The van der Waals surface area contributed by atoms with Crippen LogP contribution in [0.3, 0.4) is 0 Å². The lowest BCUT2D eigenvalue weighted by atomic mass is 9.84. The molecule has 2 aliphatic rings. The van der Waals surface area contributed by atoms with Gasteiger partial charge in [0.2, 0.25) is 0 Å². The Bertz CT molecular complexity index is 228. The smallest absolute Gasteiger partial charge is 0.0852 e. The maximum Gasteiger partial charge on any atom is 0.0852 e. The molecular weight excluding hydrogens is 212 g/mol. The Kier molecular flexibility index (Phi) is 4.83. The molecule has 1 N–H and O–H groups in total. The van der Waals surface area contributed by atoms with Crippen molar-refractivity contribution >= 4 is 0 Å². The Hall–Kier alpha value is -0.120. The molecular formula is C14H28N2O. The first-order valence-electron chi connectivity index (χ1n) is 7.24. The third kappa shape index (κ3) is 3.21. The van der Waals surface area contributed by atoms with E-state index in [4.69, 9.17) is 4.74 Å². The number of morpholine rings is 1. The van der Waals surface area contributed by atoms with Crippen LogP contribution in [0, 0.1) is 5.92 Å². The second-order valence-corrected chi connectivity index (χ2v) is 5.85. The minimum Gasteiger partial charge on any atom is -0.374 e. The molecule has 1 saturated carbocycles. The van der Waals surface area contributed by atoms with Gasteiger partial charge in [0.1, 0.15) is 0 Å². The van der Waals surface area contributed by atoms with Crippen LogP contribution in [0.15, 0.2) is 0 Å². The Morgan fingerprint density at radius 1 is 1.29 bits per heavy atom. The normalized spacial score (nSPS) is 37.1. The molecule has 0 amide bonds. The molecule has 0 radical (unpaired) electrons. The van der Waals surface area contributed by atoms with Gasteiger partial charge in [-0.15, -0.1) is 0 Å². The van der Waals surface area contributed by atoms with E-state index in [1.165, 1.54) is 25.7 Å². The van der Waals surface area contributed by atoms with E-state index in [1.807, 2.05) is 0 Å². The summed E-state index contributed by atoms with van der Waals surface area (Å²) < 4.78 is 5.88. The number of rotatable bonds is 3. The second kappa shape index (κ2) is 6.17. The van der Waals surface area contributed by atoms with Gasteiger partial charge in [-0.1, -0.05) is 19.8 Å². The molecule has 1 heterocycles. The van der Waals surface area contributed by atoms with Gasteiger partial charge in [-0.05, 0) is 32.7 Å². The van der Waals surface area contributed by atoms with E-state index in [2.05, 4.69) is 31.1 Å². The largest absolute Gasteiger partial charge is 0.374 e. The molecule has 1 aliphatic carbocycles. The SMILES string of the molecule is CC1CCCCC1N(C)C(C)C1CNCCO1. The van der Waals surface area contributed by atoms with E-state index >= 15 is 0 Å². The fourth-order valence-corrected chi connectivity index (χ4v) is 3.36. The van der Waals surface area contributed by atoms with Crippen LogP contribution in [0.25, 0.3) is 0 Å². The van der Waals surface area contributed by atoms with E-state index in [0.29, 0.717) is 12.1 Å². The number of likely N-dealkylation sites (N-methyl/N-ethyl adjacent to an activating group) is 1. The summed E-state index contributed by atoms with van der Waals surface area (Å²) in [6.07, 6.45) is 5.94. The minimum absolute atomic E-state index is 0.364. The minimum atomic E-state index is 0.364. The Balaban J connectivity index is 1.90. The number of nitrogens with zero attached hydrogens (tertiary/aromatic N) is 1. The summed E-state index contributed by atoms with van der Waals surface area (Å²) in [5.74, 6) is 0.841. The standard InChI is InChI=1S/C14H28N2O/c1-11-6-4-5-7-13(11)16(3)12(2)14-10-15-8-9-17-14/h11-15H,4-10H2,1-3H3. The van der Waals surface area contributed by atoms with Gasteiger partial charge in [-0.25, -0.2) is 0 Å². The molecule has 3 heteroatoms. The maximum absolute atomic E-state index is 5.88. The van der Waals surface area contributed by atoms with Crippen molar-refractivity contribution in [2.24, 2.45) is 5.92 Å². The topological polar surface area (TPSA) is 24.5 Å². The third-order valence-corrected chi connectivity index (χ3v) is 4.73. The Labute approximate surface area is 106 Å². The van der Waals surface area contributed by atoms with Crippen molar-refractivity contribution in [1.82, 2.24) is 10.2 Å². The predicted octanol–water partition coefficient (Wildman–Crippen LogP) is 1.87. The van der Waals surface area contributed by atoms with Crippen LogP contribution in [0.2, 0.25) is 0 Å². The van der Waals surface area contributed by atoms with Crippen LogP contribution < -0.4 is 5.32 Å². The zero-order valence-corrected chi connectivity index (χ0v) is 11.6. The lowest BCUT2D eigenvalue weighted by molar-refractivity contribution is -0.0394. The van der Waals surface area contributed by atoms with Crippen LogP contribution in [-0.2, 0) is 4.74 Å². The first kappa shape index (κ1) is 13.3. The van der Waals surface area contributed by atoms with Crippen molar-refractivity contribution in [3.8, 4) is 0 Å². The average molecular weight is 240 g/mol. The second-order valence-electron chi connectivity index (χ2n) is 5.85. The van der Waals surface area contributed by atoms with E-state index in [9.17, 15) is 0 Å². The van der Waals surface area contributed by atoms with E-state index < -0.39 is 0 Å². The zero-order chi connectivity index (χ0) is 12.3. The molecule has 2 rings (SSSR count). The molecule has 3 nitrogen and oxygen atoms in total. The summed E-state index contributed by atoms with van der Waals surface area (Å²) in [4.78, 5) is 2.57. The Morgan fingerprint density at radius 3 is 2.71 bits per heavy atom. The highest BCUT2D eigenvalue weighted by molar-refractivity contribution is 4.86. The van der Waals surface area contributed by atoms with E-state index in [-0.39, 0.29) is 0 Å². The van der Waals surface area contributed by atoms with Gasteiger partial charge in [0.05, 0.1) is 12.7 Å². The number of ether oxygens (including phenoxy) is 1. The van der Waals surface area contributed by atoms with Crippen LogP contribution in [0.5, 0.6) is 0 Å². The summed E-state index contributed by atoms with van der Waals surface area (Å²) >= 11 is 0. The quantitative estimate of drug-likeness (QED) is 0.815. The summed E-state index contributed by atoms with van der Waals surface area (Å²) in [7, 11) is 2.29. The molecule has 0 bridgehead atoms. The summed E-state index contributed by atoms with van der Waals surface area (Å²) in [6.45, 7) is 7.61. The van der Waals surface area contributed by atoms with Crippen molar-refractivity contribution in [1.29, 1.82) is 0 Å². The molecule has 0 spiro atoms. The van der Waals surface area contributed by atoms with Crippen LogP contribution in [0.4, 0.5) is 0 Å². The summed E-state index contributed by atoms with van der Waals surface area (Å²) in [5.41, 5.74) is 0. The lowest BCUT2D eigenvalue weighted by Crippen LogP contribution is -2.54. The molecule has 1 aliphatic heterocycles. The van der Waals surface area contributed by atoms with E-state index in [0.717, 1.165) is 31.7 Å². The van der Waals surface area contributed by atoms with Crippen LogP contribution in [0.1, 0.15) is 39.5 Å². The first-order valence-corrected chi connectivity index (χ1v) is 7.24. The highest BCUT2D eigenvalue weighted by Gasteiger charge is 2.31. The van der Waals surface area contributed by atoms with Crippen LogP contribution in [-0.4, -0.2) is 49.8 Å². The third-order valence-electron chi connectivity index (χ3n) is 4.73. The molecule has 17 heavy (non-hydrogen) atoms. The summed E-state index contributed by atoms with van der Waals surface area (Å²) in [6, 6.07) is 1.28. The van der Waals surface area contributed by atoms with Crippen molar-refractivity contribution in [2.75, 3.05) is 26.7 Å². The molecule has 0 aromatic rings. The van der Waals surface area contributed by atoms with E-state index in [1.54, 1.807) is 0 Å². The first-order chi connectivity index (χ1) is 8.20. The lowest BCUT2D eigenvalue weighted by Gasteiger charge is -2.43. The highest BCUT2D eigenvalue weighted by Crippen LogP contribution is 2.29. The molecule has 2 fully saturated rings. The van der Waals surface area contributed by atoms with Gasteiger partial charge in [0, 0.05) is 25.2 Å². The van der Waals surface area contributed by atoms with Gasteiger partial charge in [0.25, 0.3) is 0 Å². The van der Waals surface area contributed by atoms with Gasteiger partial charge in [-0.3, -0.25) is 4.90 Å². The predicted molar refractivity (Wildman–Crippen MR) is 71.3 cm³/mol. The molecule has 0 aromatic heterocycles. The maximum atomic E-state index is 5.88. The molecule has 4 atom stereocenters. The number of hydrogen-bond donors (Lipinski definition) is 1. The number of hydrogen-bond acceptors (Lipinski definition) is 3. The fraction of sp³-hybridized carbons (Fsp3) is 1.00. The number of nitrogens with one attached hydrogen (secondary N) is 1. The average Bonchev–Trinajstić information content (AvgIpc) is 2.39. The summed E-state index contributed by atoms with van der Waals surface area (Å²) in [5, 5.41) is 3.43. The molecule has 100 valence electrons. The monoisotopic (exact) mass is 240 g/mol. The fourth-order valence-electron chi connectivity index (χ4n) is 3.36. The zero-order valence-electron chi connectivity index (χ0n) is 11.6. The van der Waals surface area contributed by atoms with Crippen molar-refractivity contribution in [3.05, 3.63) is 0 Å². The molecule has 0 aromatic carbocycles. The van der Waals surface area contributed by atoms with Crippen molar-refractivity contribution in [2.45, 2.75) is 57.7 Å². The van der Waals surface area contributed by atoms with Gasteiger partial charge >= 0.3 is 0 Å². The van der Waals surface area contributed by atoms with Crippen LogP contribution >= 0.6 is 0 Å². The van der Waals surface area contributed by atoms with Gasteiger partial charge < -0.3 is 10.1 Å². The van der Waals surface area contributed by atoms with Crippen molar-refractivity contribution in [3.63, 3.8) is 0 Å². The van der Waals surface area contributed by atoms with Gasteiger partial charge in [0.15, 0.2) is 0 Å². The molecule has 4 unspecified atom stereocenters.